The van der Waals surface area contributed by atoms with Gasteiger partial charge in [-0.25, -0.2) is 15.4 Å². The summed E-state index contributed by atoms with van der Waals surface area (Å²) in [5.74, 6) is 0.161. The molecule has 3 N–H and O–H groups in total. The number of carbonyl (C=O) groups excluding carboxylic acids is 2. The number of amides is 2. The zero-order valence-corrected chi connectivity index (χ0v) is 15.4. The molecule has 8 nitrogen and oxygen atoms in total. The number of anilines is 3. The maximum atomic E-state index is 12.2. The fraction of sp³-hybridized carbons (Fsp3) is 0.0952. The van der Waals surface area contributed by atoms with Crippen LogP contribution in [0.15, 0.2) is 72.1 Å². The first-order valence-electron chi connectivity index (χ1n) is 9.09. The van der Waals surface area contributed by atoms with Crippen LogP contribution in [0.5, 0.6) is 0 Å². The average molecular weight is 386 g/mol. The van der Waals surface area contributed by atoms with Crippen LogP contribution in [0.25, 0.3) is 11.3 Å². The first-order chi connectivity index (χ1) is 14.2. The van der Waals surface area contributed by atoms with Crippen molar-refractivity contribution >= 4 is 34.7 Å². The zero-order chi connectivity index (χ0) is 20.1. The average Bonchev–Trinajstić information content (AvgIpc) is 2.76. The molecule has 4 rings (SSSR count). The molecule has 1 aromatic heterocycles. The second-order valence-electron chi connectivity index (χ2n) is 6.40. The van der Waals surface area contributed by atoms with Gasteiger partial charge in [0.2, 0.25) is 5.91 Å². The van der Waals surface area contributed by atoms with Crippen molar-refractivity contribution < 1.29 is 9.59 Å². The molecular weight excluding hydrogens is 368 g/mol. The van der Waals surface area contributed by atoms with Crippen LogP contribution >= 0.6 is 0 Å². The minimum atomic E-state index is -0.325. The maximum Gasteiger partial charge on any atom is 0.271 e. The second-order valence-corrected chi connectivity index (χ2v) is 6.40. The van der Waals surface area contributed by atoms with Crippen molar-refractivity contribution in [2.24, 2.45) is 5.10 Å². The van der Waals surface area contributed by atoms with Crippen molar-refractivity contribution in [1.29, 1.82) is 0 Å². The Morgan fingerprint density at radius 1 is 0.931 bits per heavy atom. The SMILES string of the molecule is O=C1CCC(C(=O)Nc2ccc(Nc3cc(-c4ccccc4)ncn3)cc2)=NN1. The molecule has 1 aliphatic heterocycles. The third-order valence-corrected chi connectivity index (χ3v) is 4.32. The lowest BCUT2D eigenvalue weighted by atomic mass is 10.1. The summed E-state index contributed by atoms with van der Waals surface area (Å²) in [6, 6.07) is 19.0. The summed E-state index contributed by atoms with van der Waals surface area (Å²) in [6.45, 7) is 0. The van der Waals surface area contributed by atoms with E-state index in [1.54, 1.807) is 12.1 Å². The lowest BCUT2D eigenvalue weighted by molar-refractivity contribution is -0.121. The number of hydrazone groups is 1. The summed E-state index contributed by atoms with van der Waals surface area (Å²) in [6.07, 6.45) is 2.11. The molecule has 0 unspecified atom stereocenters. The molecule has 2 aromatic carbocycles. The molecule has 0 bridgehead atoms. The van der Waals surface area contributed by atoms with E-state index in [9.17, 15) is 9.59 Å². The van der Waals surface area contributed by atoms with Gasteiger partial charge in [0.05, 0.1) is 5.69 Å². The van der Waals surface area contributed by atoms with Gasteiger partial charge in [-0.1, -0.05) is 30.3 Å². The fourth-order valence-electron chi connectivity index (χ4n) is 2.82. The van der Waals surface area contributed by atoms with Crippen molar-refractivity contribution in [1.82, 2.24) is 15.4 Å². The number of rotatable bonds is 5. The van der Waals surface area contributed by atoms with E-state index in [1.807, 2.05) is 48.5 Å². The molecular formula is C21H18N6O2. The van der Waals surface area contributed by atoms with E-state index in [0.717, 1.165) is 16.9 Å². The van der Waals surface area contributed by atoms with Crippen LogP contribution in [0.1, 0.15) is 12.8 Å². The lowest BCUT2D eigenvalue weighted by Crippen LogP contribution is -2.32. The van der Waals surface area contributed by atoms with E-state index in [-0.39, 0.29) is 18.2 Å². The highest BCUT2D eigenvalue weighted by Gasteiger charge is 2.18. The quantitative estimate of drug-likeness (QED) is 0.624. The molecule has 29 heavy (non-hydrogen) atoms. The van der Waals surface area contributed by atoms with E-state index in [2.05, 4.69) is 31.1 Å². The lowest BCUT2D eigenvalue weighted by Gasteiger charge is -2.12. The molecule has 3 aromatic rings. The molecule has 0 radical (unpaired) electrons. The third-order valence-electron chi connectivity index (χ3n) is 4.32. The fourth-order valence-corrected chi connectivity index (χ4v) is 2.82. The van der Waals surface area contributed by atoms with Gasteiger partial charge in [0.25, 0.3) is 5.91 Å². The third kappa shape index (κ3) is 4.62. The first-order valence-corrected chi connectivity index (χ1v) is 9.09. The number of benzene rings is 2. The van der Waals surface area contributed by atoms with Crippen LogP contribution < -0.4 is 16.1 Å². The maximum absolute atomic E-state index is 12.2. The zero-order valence-electron chi connectivity index (χ0n) is 15.4. The summed E-state index contributed by atoms with van der Waals surface area (Å²) < 4.78 is 0. The summed E-state index contributed by atoms with van der Waals surface area (Å²) in [7, 11) is 0. The first kappa shape index (κ1) is 18.3. The van der Waals surface area contributed by atoms with Crippen LogP contribution in [-0.4, -0.2) is 27.5 Å². The van der Waals surface area contributed by atoms with Gasteiger partial charge >= 0.3 is 0 Å². The number of carbonyl (C=O) groups is 2. The van der Waals surface area contributed by atoms with E-state index < -0.39 is 0 Å². The predicted molar refractivity (Wildman–Crippen MR) is 111 cm³/mol. The molecule has 0 aliphatic carbocycles. The molecule has 144 valence electrons. The minimum Gasteiger partial charge on any atom is -0.340 e. The highest BCUT2D eigenvalue weighted by Crippen LogP contribution is 2.22. The van der Waals surface area contributed by atoms with Gasteiger partial charge in [0.15, 0.2) is 0 Å². The van der Waals surface area contributed by atoms with Crippen LogP contribution in [0, 0.1) is 0 Å². The topological polar surface area (TPSA) is 108 Å². The van der Waals surface area contributed by atoms with Crippen molar-refractivity contribution in [2.75, 3.05) is 10.6 Å². The summed E-state index contributed by atoms with van der Waals surface area (Å²) >= 11 is 0. The standard InChI is InChI=1S/C21H18N6O2/c28-20-11-10-17(26-27-20)21(29)25-16-8-6-15(7-9-16)24-19-12-18(22-13-23-19)14-4-2-1-3-5-14/h1-9,12-13H,10-11H2,(H,25,29)(H,27,28)(H,22,23,24). The Kier molecular flexibility index (Phi) is 5.24. The largest absolute Gasteiger partial charge is 0.340 e. The van der Waals surface area contributed by atoms with Crippen LogP contribution in [0.2, 0.25) is 0 Å². The number of hydrogen-bond acceptors (Lipinski definition) is 6. The van der Waals surface area contributed by atoms with Gasteiger partial charge in [0.1, 0.15) is 17.9 Å². The van der Waals surface area contributed by atoms with Crippen molar-refractivity contribution in [3.05, 3.63) is 67.0 Å². The smallest absolute Gasteiger partial charge is 0.271 e. The molecule has 0 fully saturated rings. The Morgan fingerprint density at radius 3 is 2.41 bits per heavy atom. The van der Waals surface area contributed by atoms with E-state index in [1.165, 1.54) is 6.33 Å². The highest BCUT2D eigenvalue weighted by molar-refractivity contribution is 6.43. The predicted octanol–water partition coefficient (Wildman–Crippen LogP) is 3.09. The van der Waals surface area contributed by atoms with Crippen LogP contribution in [0.3, 0.4) is 0 Å². The van der Waals surface area contributed by atoms with Crippen molar-refractivity contribution in [3.63, 3.8) is 0 Å². The van der Waals surface area contributed by atoms with Gasteiger partial charge < -0.3 is 10.6 Å². The number of nitrogens with zero attached hydrogens (tertiary/aromatic N) is 3. The van der Waals surface area contributed by atoms with E-state index in [0.29, 0.717) is 23.6 Å². The van der Waals surface area contributed by atoms with Crippen molar-refractivity contribution in [2.45, 2.75) is 12.8 Å². The summed E-state index contributed by atoms with van der Waals surface area (Å²) in [4.78, 5) is 31.9. The monoisotopic (exact) mass is 386 g/mol. The number of aromatic nitrogens is 2. The molecule has 1 aliphatic rings. The van der Waals surface area contributed by atoms with Gasteiger partial charge in [0, 0.05) is 35.8 Å². The Labute approximate surface area is 167 Å². The minimum absolute atomic E-state index is 0.183. The summed E-state index contributed by atoms with van der Waals surface area (Å²) in [5, 5.41) is 9.79. The van der Waals surface area contributed by atoms with Gasteiger partial charge in [-0.2, -0.15) is 5.10 Å². The van der Waals surface area contributed by atoms with Crippen molar-refractivity contribution in [3.8, 4) is 11.3 Å². The van der Waals surface area contributed by atoms with Gasteiger partial charge in [-0.05, 0) is 24.3 Å². The van der Waals surface area contributed by atoms with Crippen LogP contribution in [0.4, 0.5) is 17.2 Å². The highest BCUT2D eigenvalue weighted by atomic mass is 16.2. The van der Waals surface area contributed by atoms with Crippen LogP contribution in [-0.2, 0) is 9.59 Å². The molecule has 2 amide bonds. The Balaban J connectivity index is 1.41. The second kappa shape index (κ2) is 8.30. The Morgan fingerprint density at radius 2 is 1.69 bits per heavy atom. The van der Waals surface area contributed by atoms with Gasteiger partial charge in [-0.15, -0.1) is 0 Å². The Bertz CT molecular complexity index is 1060. The summed E-state index contributed by atoms with van der Waals surface area (Å²) in [5.41, 5.74) is 5.92. The molecule has 0 saturated carbocycles. The number of hydrogen-bond donors (Lipinski definition) is 3. The molecule has 8 heteroatoms. The Hall–Kier alpha value is -4.07. The molecule has 2 heterocycles. The molecule has 0 saturated heterocycles. The number of nitrogens with one attached hydrogen (secondary N) is 3. The molecule has 0 atom stereocenters. The van der Waals surface area contributed by atoms with E-state index >= 15 is 0 Å². The normalized spacial score (nSPS) is 13.2. The van der Waals surface area contributed by atoms with E-state index in [4.69, 9.17) is 0 Å². The molecule has 0 spiro atoms. The van der Waals surface area contributed by atoms with Gasteiger partial charge in [-0.3, -0.25) is 9.59 Å².